The molecule has 4 rings (SSSR count). The largest absolute Gasteiger partial charge is 0.482 e. The number of likely N-dealkylation sites (tertiary alicyclic amines) is 1. The van der Waals surface area contributed by atoms with Crippen LogP contribution in [0.2, 0.25) is 0 Å². The highest BCUT2D eigenvalue weighted by Crippen LogP contribution is 2.27. The van der Waals surface area contributed by atoms with Crippen LogP contribution in [0.1, 0.15) is 60.3 Å². The highest BCUT2D eigenvalue weighted by atomic mass is 19.4. The Kier molecular flexibility index (Phi) is 9.14. The maximum absolute atomic E-state index is 12.9. The van der Waals surface area contributed by atoms with Gasteiger partial charge in [-0.1, -0.05) is 29.8 Å². The van der Waals surface area contributed by atoms with Gasteiger partial charge in [-0.05, 0) is 44.4 Å². The summed E-state index contributed by atoms with van der Waals surface area (Å²) in [7, 11) is 0. The molecule has 13 heteroatoms. The molecule has 0 bridgehead atoms. The van der Waals surface area contributed by atoms with E-state index in [0.29, 0.717) is 31.4 Å². The maximum Gasteiger partial charge on any atom is 0.471 e. The second-order valence-corrected chi connectivity index (χ2v) is 10.2. The molecular formula is C28H31F3N4O6. The van der Waals surface area contributed by atoms with Crippen molar-refractivity contribution in [1.29, 1.82) is 0 Å². The number of pyridine rings is 1. The van der Waals surface area contributed by atoms with Crippen molar-refractivity contribution >= 4 is 23.7 Å². The Balaban J connectivity index is 1.39. The number of aryl methyl sites for hydroxylation is 1. The van der Waals surface area contributed by atoms with E-state index < -0.39 is 42.2 Å². The van der Waals surface area contributed by atoms with Gasteiger partial charge in [0.1, 0.15) is 17.5 Å². The number of carbonyl (C=O) groups is 4. The molecule has 1 aromatic carbocycles. The summed E-state index contributed by atoms with van der Waals surface area (Å²) in [5, 5.41) is 4.80. The lowest BCUT2D eigenvalue weighted by Gasteiger charge is -2.34. The van der Waals surface area contributed by atoms with Gasteiger partial charge in [-0.15, -0.1) is 0 Å². The summed E-state index contributed by atoms with van der Waals surface area (Å²) < 4.78 is 49.6. The number of amides is 3. The number of rotatable bonds is 8. The van der Waals surface area contributed by atoms with E-state index in [4.69, 9.17) is 9.47 Å². The van der Waals surface area contributed by atoms with Crippen LogP contribution in [0.25, 0.3) is 0 Å². The van der Waals surface area contributed by atoms with Gasteiger partial charge in [-0.25, -0.2) is 4.98 Å². The first-order chi connectivity index (χ1) is 19.4. The number of hydrogen-bond acceptors (Lipinski definition) is 7. The molecular weight excluding hydrogens is 545 g/mol. The normalized spacial score (nSPS) is 20.5. The number of esters is 1. The van der Waals surface area contributed by atoms with Crippen molar-refractivity contribution in [1.82, 2.24) is 20.5 Å². The first-order valence-corrected chi connectivity index (χ1v) is 13.3. The van der Waals surface area contributed by atoms with Crippen LogP contribution < -0.4 is 15.4 Å². The Bertz CT molecular complexity index is 1270. The molecule has 2 saturated heterocycles. The summed E-state index contributed by atoms with van der Waals surface area (Å²) in [6.07, 6.45) is -3.65. The van der Waals surface area contributed by atoms with E-state index in [0.717, 1.165) is 5.56 Å². The van der Waals surface area contributed by atoms with Gasteiger partial charge in [0.25, 0.3) is 11.8 Å². The molecule has 0 spiro atoms. The predicted octanol–water partition coefficient (Wildman–Crippen LogP) is 3.00. The number of nitrogens with zero attached hydrogens (tertiary/aromatic N) is 2. The zero-order valence-corrected chi connectivity index (χ0v) is 22.6. The fourth-order valence-electron chi connectivity index (χ4n) is 4.77. The predicted molar refractivity (Wildman–Crippen MR) is 139 cm³/mol. The van der Waals surface area contributed by atoms with E-state index in [9.17, 15) is 32.3 Å². The number of hydrogen-bond donors (Lipinski definition) is 2. The zero-order chi connectivity index (χ0) is 29.7. The fraction of sp³-hybridized carbons (Fsp3) is 0.464. The maximum atomic E-state index is 12.9. The molecule has 2 aliphatic heterocycles. The number of ether oxygens (including phenoxy) is 2. The number of alkyl halides is 3. The van der Waals surface area contributed by atoms with Crippen molar-refractivity contribution in [3.63, 3.8) is 0 Å². The van der Waals surface area contributed by atoms with E-state index in [1.807, 2.05) is 12.2 Å². The zero-order valence-electron chi connectivity index (χ0n) is 22.6. The van der Waals surface area contributed by atoms with Crippen LogP contribution in [0, 0.1) is 6.92 Å². The molecule has 0 radical (unpaired) electrons. The minimum absolute atomic E-state index is 0.0795. The number of nitrogens with one attached hydrogen (secondary N) is 2. The molecule has 2 unspecified atom stereocenters. The van der Waals surface area contributed by atoms with Gasteiger partial charge in [0.15, 0.2) is 6.10 Å². The molecule has 0 saturated carbocycles. The minimum Gasteiger partial charge on any atom is -0.482 e. The molecule has 2 fully saturated rings. The molecule has 4 atom stereocenters. The highest BCUT2D eigenvalue weighted by molar-refractivity contribution is 5.92. The molecule has 220 valence electrons. The van der Waals surface area contributed by atoms with Gasteiger partial charge in [-0.3, -0.25) is 19.2 Å². The third-order valence-corrected chi connectivity index (χ3v) is 6.94. The molecule has 3 amide bonds. The minimum atomic E-state index is -5.05. The van der Waals surface area contributed by atoms with Crippen molar-refractivity contribution in [2.45, 2.75) is 70.0 Å². The third-order valence-electron chi connectivity index (χ3n) is 6.94. The van der Waals surface area contributed by atoms with Gasteiger partial charge in [-0.2, -0.15) is 13.2 Å². The topological polar surface area (TPSA) is 127 Å². The molecule has 2 aliphatic rings. The van der Waals surface area contributed by atoms with Crippen LogP contribution in [0.4, 0.5) is 13.2 Å². The van der Waals surface area contributed by atoms with Crippen molar-refractivity contribution in [2.24, 2.45) is 0 Å². The summed E-state index contributed by atoms with van der Waals surface area (Å²) in [5.74, 6) is -3.03. The summed E-state index contributed by atoms with van der Waals surface area (Å²) in [4.78, 5) is 54.2. The van der Waals surface area contributed by atoms with Gasteiger partial charge in [0, 0.05) is 32.0 Å². The molecule has 10 nitrogen and oxygen atoms in total. The summed E-state index contributed by atoms with van der Waals surface area (Å²) in [6, 6.07) is 8.44. The van der Waals surface area contributed by atoms with Crippen molar-refractivity contribution < 1.29 is 41.8 Å². The van der Waals surface area contributed by atoms with Crippen LogP contribution in [-0.4, -0.2) is 71.0 Å². The first-order valence-electron chi connectivity index (χ1n) is 13.3. The summed E-state index contributed by atoms with van der Waals surface area (Å²) in [5.41, 5.74) is 1.55. The summed E-state index contributed by atoms with van der Waals surface area (Å²) in [6.45, 7) is 4.04. The number of benzene rings is 1. The number of piperidine rings is 1. The highest BCUT2D eigenvalue weighted by Gasteiger charge is 2.40. The van der Waals surface area contributed by atoms with Crippen molar-refractivity contribution in [2.75, 3.05) is 13.1 Å². The fourth-order valence-corrected chi connectivity index (χ4v) is 4.77. The number of cyclic esters (lactones) is 1. The summed E-state index contributed by atoms with van der Waals surface area (Å²) >= 11 is 0. The second kappa shape index (κ2) is 12.6. The Morgan fingerprint density at radius 1 is 1.12 bits per heavy atom. The third kappa shape index (κ3) is 7.74. The Morgan fingerprint density at radius 3 is 2.46 bits per heavy atom. The lowest BCUT2D eigenvalue weighted by atomic mass is 10.0. The van der Waals surface area contributed by atoms with E-state index in [2.05, 4.69) is 10.3 Å². The Labute approximate surface area is 234 Å². The van der Waals surface area contributed by atoms with Crippen LogP contribution >= 0.6 is 0 Å². The van der Waals surface area contributed by atoms with Crippen LogP contribution in [0.15, 0.2) is 42.6 Å². The van der Waals surface area contributed by atoms with E-state index in [1.54, 1.807) is 29.2 Å². The van der Waals surface area contributed by atoms with E-state index in [-0.39, 0.29) is 36.4 Å². The molecule has 0 aliphatic carbocycles. The smallest absolute Gasteiger partial charge is 0.471 e. The lowest BCUT2D eigenvalue weighted by Crippen LogP contribution is -2.52. The average molecular weight is 577 g/mol. The number of carbonyl (C=O) groups excluding carboxylic acids is 4. The number of aromatic nitrogens is 1. The number of halogens is 3. The molecule has 1 aromatic heterocycles. The van der Waals surface area contributed by atoms with Gasteiger partial charge >= 0.3 is 18.1 Å². The SMILES string of the molecule is Cc1ccc(C(Oc2ccc(C(=O)N[C@@H]3CCCN(C(=O)[C@@H]4CCC(=O)O4)C3)nc2)C(C)NC(=O)C(F)(F)F)cc1. The van der Waals surface area contributed by atoms with E-state index in [1.165, 1.54) is 25.3 Å². The standard InChI is InChI=1S/C28H31F3N4O6/c1-16-5-7-18(8-6-16)24(17(2)33-27(39)28(29,30)31)40-20-9-10-21(32-14-20)25(37)34-19-4-3-13-35(15-19)26(38)22-11-12-23(36)41-22/h5-10,14,17,19,22,24H,3-4,11-13,15H2,1-2H3,(H,33,39)(H,34,37)/t17?,19-,22+,24?/m1/s1. The van der Waals surface area contributed by atoms with Gasteiger partial charge in [0.2, 0.25) is 0 Å². The molecule has 2 aromatic rings. The van der Waals surface area contributed by atoms with Crippen molar-refractivity contribution in [3.05, 3.63) is 59.4 Å². The van der Waals surface area contributed by atoms with Crippen LogP contribution in [0.5, 0.6) is 5.75 Å². The van der Waals surface area contributed by atoms with Gasteiger partial charge in [0.05, 0.1) is 12.2 Å². The van der Waals surface area contributed by atoms with Gasteiger partial charge < -0.3 is 25.0 Å². The molecule has 3 heterocycles. The second-order valence-electron chi connectivity index (χ2n) is 10.2. The molecule has 2 N–H and O–H groups in total. The van der Waals surface area contributed by atoms with Crippen LogP contribution in [-0.2, 0) is 19.1 Å². The molecule has 41 heavy (non-hydrogen) atoms. The monoisotopic (exact) mass is 576 g/mol. The first kappa shape index (κ1) is 29.8. The Hall–Kier alpha value is -4.16. The quantitative estimate of drug-likeness (QED) is 0.463. The Morgan fingerprint density at radius 2 is 1.85 bits per heavy atom. The van der Waals surface area contributed by atoms with Crippen molar-refractivity contribution in [3.8, 4) is 5.75 Å². The average Bonchev–Trinajstić information content (AvgIpc) is 3.38. The van der Waals surface area contributed by atoms with Crippen LogP contribution in [0.3, 0.4) is 0 Å². The lowest BCUT2D eigenvalue weighted by molar-refractivity contribution is -0.174. The van der Waals surface area contributed by atoms with E-state index >= 15 is 0 Å².